The lowest BCUT2D eigenvalue weighted by Gasteiger charge is -2.16. The van der Waals surface area contributed by atoms with Crippen molar-refractivity contribution in [2.45, 2.75) is 25.6 Å². The fourth-order valence-corrected chi connectivity index (χ4v) is 3.01. The first-order valence-electron chi connectivity index (χ1n) is 8.40. The van der Waals surface area contributed by atoms with E-state index in [-0.39, 0.29) is 19.0 Å². The first kappa shape index (κ1) is 20.1. The van der Waals surface area contributed by atoms with Crippen molar-refractivity contribution in [3.8, 4) is 10.8 Å². The van der Waals surface area contributed by atoms with Gasteiger partial charge in [-0.1, -0.05) is 30.3 Å². The summed E-state index contributed by atoms with van der Waals surface area (Å²) in [4.78, 5) is 39.9. The van der Waals surface area contributed by atoms with E-state index in [9.17, 15) is 14.4 Å². The van der Waals surface area contributed by atoms with E-state index in [0.717, 1.165) is 5.56 Å². The Morgan fingerprint density at radius 2 is 2.03 bits per heavy atom. The van der Waals surface area contributed by atoms with Gasteiger partial charge < -0.3 is 15.2 Å². The lowest BCUT2D eigenvalue weighted by Crippen LogP contribution is -2.44. The Bertz CT molecular complexity index is 975. The number of nitrogens with one attached hydrogen (secondary N) is 1. The largest absolute Gasteiger partial charge is 0.481 e. The lowest BCUT2D eigenvalue weighted by molar-refractivity contribution is -0.139. The van der Waals surface area contributed by atoms with Crippen LogP contribution in [0, 0.1) is 0 Å². The molecule has 1 aromatic carbocycles. The molecule has 0 aliphatic heterocycles. The summed E-state index contributed by atoms with van der Waals surface area (Å²) in [5.41, 5.74) is 0.755. The molecular formula is C17H16N6O5S. The fraction of sp³-hybridized carbons (Fsp3) is 0.235. The van der Waals surface area contributed by atoms with Crippen molar-refractivity contribution in [3.63, 3.8) is 0 Å². The van der Waals surface area contributed by atoms with E-state index < -0.39 is 30.3 Å². The Morgan fingerprint density at radius 3 is 2.72 bits per heavy atom. The predicted octanol–water partition coefficient (Wildman–Crippen LogP) is 1.14. The number of benzene rings is 1. The number of aliphatic carboxylic acids is 1. The van der Waals surface area contributed by atoms with Crippen LogP contribution in [0.1, 0.15) is 12.0 Å². The number of carboxylic acid groups (broad SMARTS) is 1. The van der Waals surface area contributed by atoms with Crippen LogP contribution in [-0.2, 0) is 27.5 Å². The molecule has 3 aromatic rings. The Balaban J connectivity index is 1.63. The van der Waals surface area contributed by atoms with Gasteiger partial charge >= 0.3 is 12.1 Å². The third-order valence-electron chi connectivity index (χ3n) is 3.73. The molecule has 0 saturated carbocycles. The maximum absolute atomic E-state index is 12.6. The molecule has 0 aliphatic rings. The highest BCUT2D eigenvalue weighted by Crippen LogP contribution is 2.18. The second-order valence-electron chi connectivity index (χ2n) is 5.82. The number of thiazole rings is 1. The summed E-state index contributed by atoms with van der Waals surface area (Å²) in [6, 6.07) is 7.64. The zero-order valence-electron chi connectivity index (χ0n) is 15.0. The van der Waals surface area contributed by atoms with Gasteiger partial charge in [0.1, 0.15) is 19.2 Å². The van der Waals surface area contributed by atoms with E-state index in [4.69, 9.17) is 9.84 Å². The second-order valence-corrected chi connectivity index (χ2v) is 6.71. The van der Waals surface area contributed by atoms with Crippen LogP contribution in [0.5, 0.6) is 0 Å². The van der Waals surface area contributed by atoms with E-state index >= 15 is 0 Å². The van der Waals surface area contributed by atoms with Gasteiger partial charge in [0.15, 0.2) is 10.8 Å². The first-order chi connectivity index (χ1) is 14.0. The number of hydrogen-bond donors (Lipinski definition) is 2. The summed E-state index contributed by atoms with van der Waals surface area (Å²) in [5, 5.41) is 24.7. The molecule has 12 heteroatoms. The lowest BCUT2D eigenvalue weighted by atomic mass is 10.1. The van der Waals surface area contributed by atoms with Crippen LogP contribution in [-0.4, -0.2) is 54.2 Å². The molecular weight excluding hydrogens is 400 g/mol. The molecule has 0 radical (unpaired) electrons. The number of nitrogens with zero attached hydrogens (tertiary/aromatic N) is 5. The molecule has 0 saturated heterocycles. The van der Waals surface area contributed by atoms with Crippen molar-refractivity contribution in [2.24, 2.45) is 0 Å². The van der Waals surface area contributed by atoms with Crippen molar-refractivity contribution in [2.75, 3.05) is 0 Å². The van der Waals surface area contributed by atoms with Crippen LogP contribution < -0.4 is 5.32 Å². The van der Waals surface area contributed by atoms with Gasteiger partial charge in [0, 0.05) is 11.6 Å². The molecule has 2 heterocycles. The van der Waals surface area contributed by atoms with Gasteiger partial charge in [0.05, 0.1) is 6.42 Å². The molecule has 29 heavy (non-hydrogen) atoms. The Labute approximate surface area is 168 Å². The van der Waals surface area contributed by atoms with E-state index in [2.05, 4.69) is 25.8 Å². The van der Waals surface area contributed by atoms with Crippen LogP contribution in [0.25, 0.3) is 10.8 Å². The topological polar surface area (TPSA) is 149 Å². The van der Waals surface area contributed by atoms with Crippen molar-refractivity contribution in [3.05, 3.63) is 47.5 Å². The maximum Gasteiger partial charge on any atom is 0.408 e. The number of alkyl carbamates (subject to hydrolysis) is 1. The standard InChI is InChI=1S/C17H16N6O5S/c24-13(9-23-15(20-21-22-23)16-18-6-7-29-16)12(8-14(25)26)19-17(27)28-10-11-4-2-1-3-5-11/h1-7,12H,8-10H2,(H,19,27)(H,25,26). The predicted molar refractivity (Wildman–Crippen MR) is 99.7 cm³/mol. The van der Waals surface area contributed by atoms with Crippen LogP contribution in [0.4, 0.5) is 4.79 Å². The molecule has 3 rings (SSSR count). The number of hydrogen-bond acceptors (Lipinski definition) is 9. The van der Waals surface area contributed by atoms with Gasteiger partial charge in [-0.15, -0.1) is 16.4 Å². The van der Waals surface area contributed by atoms with E-state index in [1.54, 1.807) is 35.8 Å². The summed E-state index contributed by atoms with van der Waals surface area (Å²) in [5.74, 6) is -1.56. The molecule has 1 unspecified atom stereocenters. The number of carbonyl (C=O) groups is 3. The Morgan fingerprint density at radius 1 is 1.24 bits per heavy atom. The molecule has 2 aromatic heterocycles. The second kappa shape index (κ2) is 9.50. The van der Waals surface area contributed by atoms with Gasteiger partial charge in [-0.05, 0) is 16.0 Å². The van der Waals surface area contributed by atoms with E-state index in [0.29, 0.717) is 5.01 Å². The molecule has 1 atom stereocenters. The number of ether oxygens (including phenoxy) is 1. The van der Waals surface area contributed by atoms with Gasteiger partial charge in [0.25, 0.3) is 0 Å². The molecule has 0 fully saturated rings. The minimum Gasteiger partial charge on any atom is -0.481 e. The first-order valence-corrected chi connectivity index (χ1v) is 9.28. The van der Waals surface area contributed by atoms with Crippen LogP contribution in [0.3, 0.4) is 0 Å². The normalized spacial score (nSPS) is 11.6. The number of carboxylic acids is 1. The third-order valence-corrected chi connectivity index (χ3v) is 4.50. The van der Waals surface area contributed by atoms with Crippen LogP contribution in [0.2, 0.25) is 0 Å². The van der Waals surface area contributed by atoms with Gasteiger partial charge in [-0.3, -0.25) is 9.59 Å². The number of rotatable bonds is 9. The van der Waals surface area contributed by atoms with E-state index in [1.807, 2.05) is 6.07 Å². The number of ketones is 1. The minimum atomic E-state index is -1.30. The number of tetrazole rings is 1. The SMILES string of the molecule is O=C(O)CC(NC(=O)OCc1ccccc1)C(=O)Cn1nnnc1-c1nccs1. The van der Waals surface area contributed by atoms with Crippen molar-refractivity contribution in [1.29, 1.82) is 0 Å². The van der Waals surface area contributed by atoms with Crippen LogP contribution in [0.15, 0.2) is 41.9 Å². The van der Waals surface area contributed by atoms with Gasteiger partial charge in [-0.25, -0.2) is 14.5 Å². The Hall–Kier alpha value is -3.67. The molecule has 11 nitrogen and oxygen atoms in total. The Kier molecular flexibility index (Phi) is 6.58. The van der Waals surface area contributed by atoms with E-state index in [1.165, 1.54) is 16.0 Å². The highest BCUT2D eigenvalue weighted by atomic mass is 32.1. The molecule has 150 valence electrons. The summed E-state index contributed by atoms with van der Waals surface area (Å²) >= 11 is 1.29. The fourth-order valence-electron chi connectivity index (χ4n) is 2.38. The summed E-state index contributed by atoms with van der Waals surface area (Å²) in [7, 11) is 0. The van der Waals surface area contributed by atoms with Crippen molar-refractivity contribution < 1.29 is 24.2 Å². The highest BCUT2D eigenvalue weighted by Gasteiger charge is 2.26. The van der Waals surface area contributed by atoms with Crippen molar-refractivity contribution in [1.82, 2.24) is 30.5 Å². The summed E-state index contributed by atoms with van der Waals surface area (Å²) < 4.78 is 6.26. The van der Waals surface area contributed by atoms with Gasteiger partial charge in [-0.2, -0.15) is 0 Å². The molecule has 0 bridgehead atoms. The minimum absolute atomic E-state index is 0.0121. The molecule has 1 amide bonds. The number of aromatic nitrogens is 5. The zero-order valence-corrected chi connectivity index (χ0v) is 15.8. The quantitative estimate of drug-likeness (QED) is 0.523. The monoisotopic (exact) mass is 416 g/mol. The summed E-state index contributed by atoms with van der Waals surface area (Å²) in [6.07, 6.45) is 0.0668. The highest BCUT2D eigenvalue weighted by molar-refractivity contribution is 7.13. The number of Topliss-reactive ketones (excluding diaryl/α,β-unsaturated/α-hetero) is 1. The van der Waals surface area contributed by atoms with Crippen molar-refractivity contribution >= 4 is 29.2 Å². The summed E-state index contributed by atoms with van der Waals surface area (Å²) in [6.45, 7) is -0.347. The smallest absolute Gasteiger partial charge is 0.408 e. The molecule has 2 N–H and O–H groups in total. The van der Waals surface area contributed by atoms with Crippen LogP contribution >= 0.6 is 11.3 Å². The average Bonchev–Trinajstić information content (AvgIpc) is 3.38. The number of amides is 1. The number of carbonyl (C=O) groups excluding carboxylic acids is 2. The molecule has 0 aliphatic carbocycles. The zero-order chi connectivity index (χ0) is 20.6. The molecule has 0 spiro atoms. The van der Waals surface area contributed by atoms with Gasteiger partial charge in [0.2, 0.25) is 5.82 Å². The average molecular weight is 416 g/mol. The maximum atomic E-state index is 12.6. The third kappa shape index (κ3) is 5.65.